The molecule has 0 heterocycles. The molecule has 202 valence electrons. The monoisotopic (exact) mass is 530 g/mol. The van der Waals surface area contributed by atoms with Crippen molar-refractivity contribution < 1.29 is 27.5 Å². The Bertz CT molecular complexity index is 1280. The second-order valence-electron chi connectivity index (χ2n) is 8.81. The third-order valence-corrected chi connectivity index (χ3v) is 6.25. The minimum atomic E-state index is -5.06. The third kappa shape index (κ3) is 6.15. The Morgan fingerprint density at radius 1 is 1.08 bits per heavy atom. The molecule has 0 radical (unpaired) electrons. The number of likely N-dealkylation sites (N-methyl/N-ethyl adjacent to an activating group) is 1. The van der Waals surface area contributed by atoms with Crippen LogP contribution in [0.3, 0.4) is 0 Å². The van der Waals surface area contributed by atoms with E-state index in [0.29, 0.717) is 22.5 Å². The molecule has 0 aliphatic heterocycles. The van der Waals surface area contributed by atoms with Crippen LogP contribution in [0.15, 0.2) is 73.3 Å². The molecule has 1 amide bonds. The molecule has 38 heavy (non-hydrogen) atoms. The number of carbonyl (C=O) groups excluding carboxylic acids is 1. The van der Waals surface area contributed by atoms with Crippen molar-refractivity contribution in [1.29, 1.82) is 0 Å². The highest BCUT2D eigenvalue weighted by molar-refractivity contribution is 5.95. The fourth-order valence-electron chi connectivity index (χ4n) is 3.99. The molecule has 1 atom stereocenters. The van der Waals surface area contributed by atoms with Gasteiger partial charge in [-0.3, -0.25) is 9.80 Å². The Morgan fingerprint density at radius 3 is 2.32 bits per heavy atom. The number of hydrogen-bond donors (Lipinski definition) is 3. The number of hydrogen-bond acceptors (Lipinski definition) is 5. The number of aliphatic hydroxyl groups is 1. The highest BCUT2D eigenvalue weighted by Crippen LogP contribution is 2.35. The first-order chi connectivity index (χ1) is 17.9. The zero-order valence-electron chi connectivity index (χ0n) is 21.1. The van der Waals surface area contributed by atoms with Gasteiger partial charge >= 0.3 is 6.18 Å². The van der Waals surface area contributed by atoms with Gasteiger partial charge in [0.15, 0.2) is 5.60 Å². The van der Waals surface area contributed by atoms with Crippen LogP contribution in [0.1, 0.15) is 28.4 Å². The van der Waals surface area contributed by atoms with Gasteiger partial charge < -0.3 is 15.3 Å². The van der Waals surface area contributed by atoms with E-state index >= 15 is 0 Å². The maximum atomic E-state index is 14.2. The van der Waals surface area contributed by atoms with Gasteiger partial charge in [0.05, 0.1) is 24.5 Å². The largest absolute Gasteiger partial charge is 0.420 e. The standard InChI is InChI=1S/C28H30F4N4O2/c1-4-22-24(11-8-12-25(22)36(33)21-15-13-20(29)14-16-21)34-17-27(38,28(30,31)32)18-35(5-2)26(37)23-10-7-6-9-19(23)3/h4,6-16,34,38H,1,5,17-18,33H2,2-3H3. The first-order valence-corrected chi connectivity index (χ1v) is 11.9. The second kappa shape index (κ2) is 11.7. The Hall–Kier alpha value is -3.89. The second-order valence-corrected chi connectivity index (χ2v) is 8.81. The molecule has 10 heteroatoms. The smallest absolute Gasteiger partial charge is 0.381 e. The molecule has 0 aromatic heterocycles. The quantitative estimate of drug-likeness (QED) is 0.179. The van der Waals surface area contributed by atoms with Gasteiger partial charge in [-0.2, -0.15) is 13.2 Å². The number of alkyl halides is 3. The van der Waals surface area contributed by atoms with Crippen LogP contribution in [0.25, 0.3) is 6.08 Å². The minimum absolute atomic E-state index is 0.0429. The van der Waals surface area contributed by atoms with Gasteiger partial charge in [0.25, 0.3) is 5.91 Å². The van der Waals surface area contributed by atoms with E-state index in [0.717, 1.165) is 4.90 Å². The molecule has 3 aromatic rings. The van der Waals surface area contributed by atoms with Crippen LogP contribution >= 0.6 is 0 Å². The molecule has 0 spiro atoms. The number of rotatable bonds is 10. The molecule has 3 rings (SSSR count). The van der Waals surface area contributed by atoms with Gasteiger partial charge in [-0.1, -0.05) is 36.9 Å². The van der Waals surface area contributed by atoms with Gasteiger partial charge in [0.2, 0.25) is 0 Å². The summed E-state index contributed by atoms with van der Waals surface area (Å²) in [5, 5.41) is 14.8. The Kier molecular flexibility index (Phi) is 8.80. The summed E-state index contributed by atoms with van der Waals surface area (Å²) in [5.41, 5.74) is -0.973. The Labute approximate surface area is 219 Å². The predicted octanol–water partition coefficient (Wildman–Crippen LogP) is 5.66. The highest BCUT2D eigenvalue weighted by Gasteiger charge is 2.55. The number of benzene rings is 3. The summed E-state index contributed by atoms with van der Waals surface area (Å²) in [6, 6.07) is 16.7. The first-order valence-electron chi connectivity index (χ1n) is 11.9. The summed E-state index contributed by atoms with van der Waals surface area (Å²) in [4.78, 5) is 14.0. The van der Waals surface area contributed by atoms with Gasteiger partial charge in [-0.15, -0.1) is 0 Å². The van der Waals surface area contributed by atoms with Crippen molar-refractivity contribution in [3.63, 3.8) is 0 Å². The average molecular weight is 531 g/mol. The number of amides is 1. The van der Waals surface area contributed by atoms with Crippen molar-refractivity contribution in [2.75, 3.05) is 30.0 Å². The van der Waals surface area contributed by atoms with Crippen LogP contribution in [-0.4, -0.2) is 47.3 Å². The van der Waals surface area contributed by atoms with Gasteiger partial charge in [-0.05, 0) is 61.9 Å². The molecule has 3 aromatic carbocycles. The van der Waals surface area contributed by atoms with E-state index < -0.39 is 36.6 Å². The molecule has 0 aliphatic carbocycles. The molecule has 1 unspecified atom stereocenters. The summed E-state index contributed by atoms with van der Waals surface area (Å²) in [6.07, 6.45) is -3.65. The molecular weight excluding hydrogens is 500 g/mol. The van der Waals surface area contributed by atoms with Gasteiger partial charge in [-0.25, -0.2) is 10.2 Å². The first kappa shape index (κ1) is 28.7. The lowest BCUT2D eigenvalue weighted by Crippen LogP contribution is -2.58. The molecule has 4 N–H and O–H groups in total. The summed E-state index contributed by atoms with van der Waals surface area (Å²) < 4.78 is 55.9. The van der Waals surface area contributed by atoms with E-state index in [1.54, 1.807) is 44.2 Å². The summed E-state index contributed by atoms with van der Waals surface area (Å²) in [6.45, 7) is 5.01. The molecule has 0 saturated carbocycles. The normalized spacial score (nSPS) is 12.9. The van der Waals surface area contributed by atoms with Crippen molar-refractivity contribution in [3.8, 4) is 0 Å². The molecule has 6 nitrogen and oxygen atoms in total. The van der Waals surface area contributed by atoms with Crippen LogP contribution in [0.4, 0.5) is 34.6 Å². The van der Waals surface area contributed by atoms with Crippen molar-refractivity contribution in [2.24, 2.45) is 5.84 Å². The topological polar surface area (TPSA) is 81.8 Å². The van der Waals surface area contributed by atoms with Crippen LogP contribution in [0, 0.1) is 12.7 Å². The van der Waals surface area contributed by atoms with Crippen LogP contribution < -0.4 is 16.2 Å². The number of anilines is 3. The third-order valence-electron chi connectivity index (χ3n) is 6.25. The van der Waals surface area contributed by atoms with E-state index in [9.17, 15) is 27.5 Å². The van der Waals surface area contributed by atoms with Crippen molar-refractivity contribution in [2.45, 2.75) is 25.6 Å². The average Bonchev–Trinajstić information content (AvgIpc) is 2.89. The number of nitrogens with zero attached hydrogens (tertiary/aromatic N) is 2. The zero-order chi connectivity index (χ0) is 28.1. The van der Waals surface area contributed by atoms with Crippen LogP contribution in [0.5, 0.6) is 0 Å². The van der Waals surface area contributed by atoms with E-state index in [1.807, 2.05) is 0 Å². The molecule has 0 aliphatic rings. The molecular formula is C28H30F4N4O2. The molecule has 0 saturated heterocycles. The number of carbonyl (C=O) groups is 1. The number of halogens is 4. The highest BCUT2D eigenvalue weighted by atomic mass is 19.4. The SMILES string of the molecule is C=Cc1c(NCC(O)(CN(CC)C(=O)c2ccccc2C)C(F)(F)F)cccc1N(N)c1ccc(F)cc1. The number of nitrogens with one attached hydrogen (secondary N) is 1. The van der Waals surface area contributed by atoms with E-state index in [4.69, 9.17) is 5.84 Å². The fourth-order valence-corrected chi connectivity index (χ4v) is 3.99. The van der Waals surface area contributed by atoms with Crippen LogP contribution in [-0.2, 0) is 0 Å². The van der Waals surface area contributed by atoms with Gasteiger partial charge in [0, 0.05) is 23.4 Å². The van der Waals surface area contributed by atoms with Crippen molar-refractivity contribution in [3.05, 3.63) is 95.8 Å². The maximum absolute atomic E-state index is 14.2. The summed E-state index contributed by atoms with van der Waals surface area (Å²) in [5.74, 6) is 5.15. The molecule has 0 bridgehead atoms. The lowest BCUT2D eigenvalue weighted by atomic mass is 10.00. The lowest BCUT2D eigenvalue weighted by Gasteiger charge is -2.36. The minimum Gasteiger partial charge on any atom is -0.381 e. The number of aryl methyl sites for hydroxylation is 1. The fraction of sp³-hybridized carbons (Fsp3) is 0.250. The van der Waals surface area contributed by atoms with Crippen molar-refractivity contribution in [1.82, 2.24) is 4.90 Å². The predicted molar refractivity (Wildman–Crippen MR) is 142 cm³/mol. The molecule has 0 fully saturated rings. The zero-order valence-corrected chi connectivity index (χ0v) is 21.1. The van der Waals surface area contributed by atoms with Crippen LogP contribution in [0.2, 0.25) is 0 Å². The van der Waals surface area contributed by atoms with Crippen molar-refractivity contribution >= 4 is 29.0 Å². The summed E-state index contributed by atoms with van der Waals surface area (Å²) >= 11 is 0. The van der Waals surface area contributed by atoms with Gasteiger partial charge in [0.1, 0.15) is 5.82 Å². The van der Waals surface area contributed by atoms with E-state index in [1.165, 1.54) is 47.5 Å². The lowest BCUT2D eigenvalue weighted by molar-refractivity contribution is -0.257. The Balaban J connectivity index is 1.88. The summed E-state index contributed by atoms with van der Waals surface area (Å²) in [7, 11) is 0. The van der Waals surface area contributed by atoms with E-state index in [2.05, 4.69) is 11.9 Å². The number of hydrazine groups is 1. The maximum Gasteiger partial charge on any atom is 0.420 e. The van der Waals surface area contributed by atoms with E-state index in [-0.39, 0.29) is 17.8 Å². The number of nitrogens with two attached hydrogens (primary N) is 1. The Morgan fingerprint density at radius 2 is 1.74 bits per heavy atom.